The molecule has 0 radical (unpaired) electrons. The minimum absolute atomic E-state index is 0.125. The number of hydrogen-bond acceptors (Lipinski definition) is 5. The average Bonchev–Trinajstić information content (AvgIpc) is 2.66. The van der Waals surface area contributed by atoms with Crippen molar-refractivity contribution in [2.75, 3.05) is 19.8 Å². The molecule has 0 aliphatic rings. The molecule has 0 bridgehead atoms. The largest absolute Gasteiger partial charge is 0.494 e. The summed E-state index contributed by atoms with van der Waals surface area (Å²) in [7, 11) is 0. The van der Waals surface area contributed by atoms with Crippen LogP contribution in [0.25, 0.3) is 0 Å². The molecule has 1 amide bonds. The van der Waals surface area contributed by atoms with Gasteiger partial charge >= 0.3 is 5.97 Å². The number of ether oxygens (including phenoxy) is 3. The maximum Gasteiger partial charge on any atom is 0.344 e. The van der Waals surface area contributed by atoms with Gasteiger partial charge in [-0.05, 0) is 44.2 Å². The van der Waals surface area contributed by atoms with E-state index in [1.807, 2.05) is 6.92 Å². The number of rotatable bonds is 9. The molecule has 8 heteroatoms. The molecular weight excluding hydrogens is 372 g/mol. The van der Waals surface area contributed by atoms with E-state index in [9.17, 15) is 18.4 Å². The molecular formula is C20H21F2NO5. The lowest BCUT2D eigenvalue weighted by molar-refractivity contribution is -0.150. The number of carbonyl (C=O) groups excluding carboxylic acids is 2. The van der Waals surface area contributed by atoms with Crippen LogP contribution >= 0.6 is 0 Å². The quantitative estimate of drug-likeness (QED) is 0.663. The highest BCUT2D eigenvalue weighted by Gasteiger charge is 2.15. The fraction of sp³-hybridized carbons (Fsp3) is 0.300. The molecule has 1 atom stereocenters. The third-order valence-electron chi connectivity index (χ3n) is 3.66. The number of esters is 1. The van der Waals surface area contributed by atoms with Crippen LogP contribution in [0.4, 0.5) is 8.78 Å². The number of halogens is 2. The van der Waals surface area contributed by atoms with Gasteiger partial charge in [0.1, 0.15) is 23.1 Å². The summed E-state index contributed by atoms with van der Waals surface area (Å²) in [6, 6.07) is 9.04. The smallest absolute Gasteiger partial charge is 0.344 e. The van der Waals surface area contributed by atoms with Crippen LogP contribution in [0.15, 0.2) is 42.5 Å². The van der Waals surface area contributed by atoms with Crippen molar-refractivity contribution in [3.8, 4) is 11.5 Å². The summed E-state index contributed by atoms with van der Waals surface area (Å²) in [5.74, 6) is -1.70. The first-order valence-electron chi connectivity index (χ1n) is 8.64. The number of hydrogen-bond donors (Lipinski definition) is 1. The molecule has 0 aliphatic carbocycles. The maximum absolute atomic E-state index is 13.7. The first kappa shape index (κ1) is 21.1. The Morgan fingerprint density at radius 2 is 1.64 bits per heavy atom. The van der Waals surface area contributed by atoms with Crippen LogP contribution in [0.3, 0.4) is 0 Å². The van der Waals surface area contributed by atoms with E-state index in [1.54, 1.807) is 24.3 Å². The van der Waals surface area contributed by atoms with E-state index in [0.717, 1.165) is 12.1 Å². The van der Waals surface area contributed by atoms with Crippen LogP contribution in [0.2, 0.25) is 0 Å². The van der Waals surface area contributed by atoms with Gasteiger partial charge in [-0.3, -0.25) is 4.79 Å². The molecule has 0 fully saturated rings. The van der Waals surface area contributed by atoms with Crippen LogP contribution in [0, 0.1) is 11.6 Å². The fourth-order valence-electron chi connectivity index (χ4n) is 2.34. The summed E-state index contributed by atoms with van der Waals surface area (Å²) in [5, 5.41) is 2.47. The van der Waals surface area contributed by atoms with Gasteiger partial charge in [0, 0.05) is 11.6 Å². The van der Waals surface area contributed by atoms with Crippen molar-refractivity contribution in [1.82, 2.24) is 5.32 Å². The molecule has 0 aliphatic heterocycles. The second kappa shape index (κ2) is 10.2. The first-order chi connectivity index (χ1) is 13.4. The van der Waals surface area contributed by atoms with Gasteiger partial charge in [-0.2, -0.15) is 0 Å². The summed E-state index contributed by atoms with van der Waals surface area (Å²) in [6.45, 7) is 3.03. The normalized spacial score (nSPS) is 11.4. The van der Waals surface area contributed by atoms with E-state index in [-0.39, 0.29) is 12.2 Å². The Hall–Kier alpha value is -3.16. The summed E-state index contributed by atoms with van der Waals surface area (Å²) < 4.78 is 42.0. The second-order valence-electron chi connectivity index (χ2n) is 5.81. The first-order valence-corrected chi connectivity index (χ1v) is 8.64. The predicted octanol–water partition coefficient (Wildman–Crippen LogP) is 3.16. The van der Waals surface area contributed by atoms with Crippen molar-refractivity contribution in [2.45, 2.75) is 19.9 Å². The van der Waals surface area contributed by atoms with Crippen LogP contribution in [0.5, 0.6) is 11.5 Å². The molecule has 0 unspecified atom stereocenters. The van der Waals surface area contributed by atoms with Gasteiger partial charge in [0.25, 0.3) is 5.91 Å². The van der Waals surface area contributed by atoms with Crippen molar-refractivity contribution in [3.63, 3.8) is 0 Å². The Morgan fingerprint density at radius 1 is 1.00 bits per heavy atom. The highest BCUT2D eigenvalue weighted by molar-refractivity contribution is 5.81. The van der Waals surface area contributed by atoms with Crippen LogP contribution in [0.1, 0.15) is 25.5 Å². The van der Waals surface area contributed by atoms with Gasteiger partial charge in [-0.25, -0.2) is 13.6 Å². The molecule has 0 saturated carbocycles. The highest BCUT2D eigenvalue weighted by atomic mass is 19.1. The van der Waals surface area contributed by atoms with E-state index in [2.05, 4.69) is 5.32 Å². The summed E-state index contributed by atoms with van der Waals surface area (Å²) in [4.78, 5) is 23.5. The number of amides is 1. The summed E-state index contributed by atoms with van der Waals surface area (Å²) in [5.41, 5.74) is 0.125. The zero-order chi connectivity index (χ0) is 20.5. The standard InChI is InChI=1S/C20H21F2NO5/c1-3-26-15-5-7-16(8-6-15)27-12-20(25)28-11-19(24)23-13(2)17-9-4-14(21)10-18(17)22/h4-10,13H,3,11-12H2,1-2H3,(H,23,24)/t13-/m0/s1. The second-order valence-corrected chi connectivity index (χ2v) is 5.81. The fourth-order valence-corrected chi connectivity index (χ4v) is 2.34. The molecule has 0 heterocycles. The van der Waals surface area contributed by atoms with Gasteiger partial charge in [-0.1, -0.05) is 6.07 Å². The minimum Gasteiger partial charge on any atom is -0.494 e. The predicted molar refractivity (Wildman–Crippen MR) is 97.0 cm³/mol. The Balaban J connectivity index is 1.73. The van der Waals surface area contributed by atoms with Crippen LogP contribution in [-0.2, 0) is 14.3 Å². The summed E-state index contributed by atoms with van der Waals surface area (Å²) >= 11 is 0. The molecule has 0 aromatic heterocycles. The number of carbonyl (C=O) groups is 2. The van der Waals surface area contributed by atoms with E-state index < -0.39 is 36.2 Å². The van der Waals surface area contributed by atoms with E-state index in [0.29, 0.717) is 18.1 Å². The van der Waals surface area contributed by atoms with Crippen molar-refractivity contribution in [3.05, 3.63) is 59.7 Å². The third-order valence-corrected chi connectivity index (χ3v) is 3.66. The summed E-state index contributed by atoms with van der Waals surface area (Å²) in [6.07, 6.45) is 0. The molecule has 2 rings (SSSR count). The lowest BCUT2D eigenvalue weighted by atomic mass is 10.1. The molecule has 2 aromatic carbocycles. The van der Waals surface area contributed by atoms with Crippen molar-refractivity contribution in [2.24, 2.45) is 0 Å². The minimum atomic E-state index is -0.770. The van der Waals surface area contributed by atoms with Crippen LogP contribution in [-0.4, -0.2) is 31.7 Å². The van der Waals surface area contributed by atoms with E-state index >= 15 is 0 Å². The zero-order valence-electron chi connectivity index (χ0n) is 15.5. The van der Waals surface area contributed by atoms with Gasteiger partial charge in [0.05, 0.1) is 12.6 Å². The third kappa shape index (κ3) is 6.53. The SMILES string of the molecule is CCOc1ccc(OCC(=O)OCC(=O)N[C@@H](C)c2ccc(F)cc2F)cc1. The molecule has 28 heavy (non-hydrogen) atoms. The van der Waals surface area contributed by atoms with Crippen LogP contribution < -0.4 is 14.8 Å². The monoisotopic (exact) mass is 393 g/mol. The number of nitrogens with one attached hydrogen (secondary N) is 1. The Labute approximate surface area is 161 Å². The molecule has 150 valence electrons. The number of benzene rings is 2. The Kier molecular flexibility index (Phi) is 7.74. The molecule has 1 N–H and O–H groups in total. The van der Waals surface area contributed by atoms with Crippen molar-refractivity contribution >= 4 is 11.9 Å². The average molecular weight is 393 g/mol. The molecule has 6 nitrogen and oxygen atoms in total. The van der Waals surface area contributed by atoms with Gasteiger partial charge in [0.15, 0.2) is 13.2 Å². The lowest BCUT2D eigenvalue weighted by Crippen LogP contribution is -2.32. The molecule has 2 aromatic rings. The van der Waals surface area contributed by atoms with E-state index in [1.165, 1.54) is 13.0 Å². The lowest BCUT2D eigenvalue weighted by Gasteiger charge is -2.15. The van der Waals surface area contributed by atoms with Gasteiger partial charge in [-0.15, -0.1) is 0 Å². The molecule has 0 saturated heterocycles. The van der Waals surface area contributed by atoms with Crippen molar-refractivity contribution < 1.29 is 32.6 Å². The molecule has 0 spiro atoms. The highest BCUT2D eigenvalue weighted by Crippen LogP contribution is 2.18. The maximum atomic E-state index is 13.7. The Bertz CT molecular complexity index is 811. The zero-order valence-corrected chi connectivity index (χ0v) is 15.5. The van der Waals surface area contributed by atoms with E-state index in [4.69, 9.17) is 14.2 Å². The topological polar surface area (TPSA) is 73.9 Å². The van der Waals surface area contributed by atoms with Gasteiger partial charge in [0.2, 0.25) is 0 Å². The Morgan fingerprint density at radius 3 is 2.25 bits per heavy atom. The van der Waals surface area contributed by atoms with Gasteiger partial charge < -0.3 is 19.5 Å². The van der Waals surface area contributed by atoms with Crippen molar-refractivity contribution in [1.29, 1.82) is 0 Å².